The number of ether oxygens (including phenoxy) is 1. The fraction of sp³-hybridized carbons (Fsp3) is 0.480. The van der Waals surface area contributed by atoms with Gasteiger partial charge in [0.1, 0.15) is 5.69 Å². The Hall–Kier alpha value is -3.09. The van der Waals surface area contributed by atoms with E-state index >= 15 is 0 Å². The molecule has 2 aromatic rings. The van der Waals surface area contributed by atoms with Gasteiger partial charge in [0.05, 0.1) is 12.5 Å². The first-order valence-electron chi connectivity index (χ1n) is 11.3. The van der Waals surface area contributed by atoms with Crippen LogP contribution < -0.4 is 5.32 Å². The molecule has 2 amide bonds. The fourth-order valence-electron chi connectivity index (χ4n) is 4.31. The summed E-state index contributed by atoms with van der Waals surface area (Å²) in [4.78, 5) is 42.5. The number of carbonyl (C=O) groups excluding carboxylic acids is 3. The zero-order valence-electron chi connectivity index (χ0n) is 19.2. The zero-order valence-corrected chi connectivity index (χ0v) is 19.2. The topological polar surface area (TPSA) is 91.5 Å². The van der Waals surface area contributed by atoms with Crippen LogP contribution in [0.3, 0.4) is 0 Å². The summed E-state index contributed by atoms with van der Waals surface area (Å²) >= 11 is 0. The van der Waals surface area contributed by atoms with Crippen molar-refractivity contribution in [2.75, 3.05) is 19.7 Å². The van der Waals surface area contributed by atoms with Gasteiger partial charge in [-0.3, -0.25) is 9.59 Å². The number of piperidine rings is 1. The number of benzene rings is 1. The van der Waals surface area contributed by atoms with Crippen LogP contribution in [-0.4, -0.2) is 47.4 Å². The van der Waals surface area contributed by atoms with E-state index in [1.165, 1.54) is 0 Å². The molecule has 1 aliphatic rings. The molecule has 3 rings (SSSR count). The number of aromatic amines is 1. The highest BCUT2D eigenvalue weighted by Gasteiger charge is 2.28. The Kier molecular flexibility index (Phi) is 8.09. The lowest BCUT2D eigenvalue weighted by Gasteiger charge is -2.32. The summed E-state index contributed by atoms with van der Waals surface area (Å²) in [6, 6.07) is 9.81. The van der Waals surface area contributed by atoms with E-state index in [2.05, 4.69) is 10.3 Å². The van der Waals surface area contributed by atoms with E-state index in [-0.39, 0.29) is 23.7 Å². The van der Waals surface area contributed by atoms with E-state index in [0.29, 0.717) is 44.8 Å². The van der Waals surface area contributed by atoms with Gasteiger partial charge in [-0.15, -0.1) is 0 Å². The third-order valence-electron chi connectivity index (χ3n) is 6.12. The van der Waals surface area contributed by atoms with Gasteiger partial charge < -0.3 is 19.9 Å². The number of carbonyl (C=O) groups is 3. The molecular weight excluding hydrogens is 406 g/mol. The quantitative estimate of drug-likeness (QED) is 0.618. The smallest absolute Gasteiger partial charge is 0.355 e. The van der Waals surface area contributed by atoms with Crippen LogP contribution in [0.2, 0.25) is 0 Å². The second-order valence-electron chi connectivity index (χ2n) is 8.33. The molecule has 7 heteroatoms. The Labute approximate surface area is 189 Å². The average Bonchev–Trinajstić information content (AvgIpc) is 3.10. The highest BCUT2D eigenvalue weighted by molar-refractivity contribution is 5.90. The van der Waals surface area contributed by atoms with Crippen LogP contribution in [0.1, 0.15) is 59.1 Å². The van der Waals surface area contributed by atoms with Gasteiger partial charge in [-0.2, -0.15) is 0 Å². The number of likely N-dealkylation sites (tertiary alicyclic amines) is 1. The molecule has 32 heavy (non-hydrogen) atoms. The minimum atomic E-state index is -0.369. The van der Waals surface area contributed by atoms with E-state index in [9.17, 15) is 14.4 Å². The lowest BCUT2D eigenvalue weighted by molar-refractivity contribution is -0.135. The molecule has 1 aromatic carbocycles. The number of nitrogens with one attached hydrogen (secondary N) is 2. The van der Waals surface area contributed by atoms with Gasteiger partial charge in [-0.1, -0.05) is 30.3 Å². The largest absolute Gasteiger partial charge is 0.461 e. The van der Waals surface area contributed by atoms with Crippen LogP contribution >= 0.6 is 0 Å². The van der Waals surface area contributed by atoms with Crippen molar-refractivity contribution in [3.05, 3.63) is 58.4 Å². The summed E-state index contributed by atoms with van der Waals surface area (Å²) in [6.07, 6.45) is 2.52. The minimum absolute atomic E-state index is 0.00255. The molecule has 2 N–H and O–H groups in total. The number of aryl methyl sites for hydroxylation is 1. The molecule has 0 aliphatic carbocycles. The molecular formula is C25H33N3O4. The van der Waals surface area contributed by atoms with Gasteiger partial charge in [-0.05, 0) is 56.7 Å². The Balaban J connectivity index is 1.53. The number of amides is 2. The van der Waals surface area contributed by atoms with Gasteiger partial charge in [0.15, 0.2) is 0 Å². The summed E-state index contributed by atoms with van der Waals surface area (Å²) in [7, 11) is 0. The minimum Gasteiger partial charge on any atom is -0.461 e. The average molecular weight is 440 g/mol. The third-order valence-corrected chi connectivity index (χ3v) is 6.12. The van der Waals surface area contributed by atoms with E-state index < -0.39 is 0 Å². The highest BCUT2D eigenvalue weighted by atomic mass is 16.5. The second kappa shape index (κ2) is 11.0. The molecule has 1 saturated heterocycles. The maximum atomic E-state index is 12.9. The second-order valence-corrected chi connectivity index (χ2v) is 8.33. The monoisotopic (exact) mass is 439 g/mol. The van der Waals surface area contributed by atoms with Crippen molar-refractivity contribution in [1.29, 1.82) is 0 Å². The van der Waals surface area contributed by atoms with Crippen LogP contribution in [0.5, 0.6) is 0 Å². The van der Waals surface area contributed by atoms with Gasteiger partial charge >= 0.3 is 5.97 Å². The number of hydrogen-bond acceptors (Lipinski definition) is 4. The molecule has 1 fully saturated rings. The summed E-state index contributed by atoms with van der Waals surface area (Å²) in [5.74, 6) is -0.500. The van der Waals surface area contributed by atoms with Crippen molar-refractivity contribution in [3.63, 3.8) is 0 Å². The normalized spacial score (nSPS) is 16.0. The number of rotatable bonds is 8. The first-order valence-corrected chi connectivity index (χ1v) is 11.3. The van der Waals surface area contributed by atoms with Crippen molar-refractivity contribution in [2.24, 2.45) is 5.92 Å². The molecule has 1 aliphatic heterocycles. The zero-order chi connectivity index (χ0) is 23.1. The first-order chi connectivity index (χ1) is 15.4. The van der Waals surface area contributed by atoms with E-state index in [4.69, 9.17) is 4.74 Å². The number of nitrogens with zero attached hydrogens (tertiary/aromatic N) is 1. The van der Waals surface area contributed by atoms with Gasteiger partial charge in [0.2, 0.25) is 11.8 Å². The third kappa shape index (κ3) is 5.78. The van der Waals surface area contributed by atoms with E-state index in [1.54, 1.807) is 11.8 Å². The molecule has 0 saturated carbocycles. The fourth-order valence-corrected chi connectivity index (χ4v) is 4.31. The predicted octanol–water partition coefficient (Wildman–Crippen LogP) is 3.30. The maximum Gasteiger partial charge on any atom is 0.355 e. The molecule has 172 valence electrons. The highest BCUT2D eigenvalue weighted by Crippen LogP contribution is 2.22. The maximum absolute atomic E-state index is 12.9. The first kappa shape index (κ1) is 23.6. The van der Waals surface area contributed by atoms with Crippen molar-refractivity contribution >= 4 is 17.8 Å². The van der Waals surface area contributed by atoms with Crippen molar-refractivity contribution in [2.45, 2.75) is 53.0 Å². The molecule has 0 radical (unpaired) electrons. The molecule has 1 atom stereocenters. The van der Waals surface area contributed by atoms with E-state index in [0.717, 1.165) is 35.2 Å². The molecule has 1 unspecified atom stereocenters. The molecule has 0 spiro atoms. The molecule has 1 aromatic heterocycles. The number of aromatic nitrogens is 1. The Morgan fingerprint density at radius 2 is 1.94 bits per heavy atom. The molecule has 0 bridgehead atoms. The van der Waals surface area contributed by atoms with Gasteiger partial charge in [-0.25, -0.2) is 4.79 Å². The molecule has 2 heterocycles. The van der Waals surface area contributed by atoms with Crippen LogP contribution in [0.25, 0.3) is 0 Å². The Morgan fingerprint density at radius 1 is 1.19 bits per heavy atom. The number of H-pyrrole nitrogens is 1. The predicted molar refractivity (Wildman–Crippen MR) is 122 cm³/mol. The number of esters is 1. The van der Waals surface area contributed by atoms with Gasteiger partial charge in [0.25, 0.3) is 0 Å². The van der Waals surface area contributed by atoms with Crippen LogP contribution in [0, 0.1) is 19.8 Å². The van der Waals surface area contributed by atoms with Crippen molar-refractivity contribution in [3.8, 4) is 0 Å². The van der Waals surface area contributed by atoms with Crippen LogP contribution in [0.4, 0.5) is 0 Å². The van der Waals surface area contributed by atoms with Gasteiger partial charge in [0, 0.05) is 31.7 Å². The SMILES string of the molecule is CCOC(=O)c1[nH]c(C)c(CCC(=O)N2CCCC(C(=O)NCc3ccccc3)C2)c1C. The molecule has 7 nitrogen and oxygen atoms in total. The van der Waals surface area contributed by atoms with Crippen LogP contribution in [0.15, 0.2) is 30.3 Å². The lowest BCUT2D eigenvalue weighted by atomic mass is 9.96. The van der Waals surface area contributed by atoms with Crippen molar-refractivity contribution < 1.29 is 19.1 Å². The summed E-state index contributed by atoms with van der Waals surface area (Å²) < 4.78 is 5.10. The summed E-state index contributed by atoms with van der Waals surface area (Å²) in [5, 5.41) is 3.00. The summed E-state index contributed by atoms with van der Waals surface area (Å²) in [5.41, 5.74) is 4.22. The standard InChI is InChI=1S/C25H33N3O4/c1-4-32-25(31)23-17(2)21(18(3)27-23)12-13-22(29)28-14-8-11-20(16-28)24(30)26-15-19-9-6-5-7-10-19/h5-7,9-10,20,27H,4,8,11-16H2,1-3H3,(H,26,30). The van der Waals surface area contributed by atoms with Crippen LogP contribution in [-0.2, 0) is 27.3 Å². The lowest BCUT2D eigenvalue weighted by Crippen LogP contribution is -2.45. The summed E-state index contributed by atoms with van der Waals surface area (Å²) in [6.45, 7) is 7.51. The Morgan fingerprint density at radius 3 is 2.66 bits per heavy atom. The van der Waals surface area contributed by atoms with E-state index in [1.807, 2.05) is 44.2 Å². The Bertz CT molecular complexity index is 952. The number of hydrogen-bond donors (Lipinski definition) is 2. The van der Waals surface area contributed by atoms with Crippen molar-refractivity contribution in [1.82, 2.24) is 15.2 Å².